The second kappa shape index (κ2) is 13.6. The van der Waals surface area contributed by atoms with E-state index in [1.807, 2.05) is 30.3 Å². The monoisotopic (exact) mass is 462 g/mol. The predicted octanol–water partition coefficient (Wildman–Crippen LogP) is 7.97. The maximum Gasteiger partial charge on any atom is 0.338 e. The number of carbonyl (C=O) groups is 1. The van der Waals surface area contributed by atoms with Crippen molar-refractivity contribution in [2.75, 3.05) is 13.2 Å². The highest BCUT2D eigenvalue weighted by atomic mass is 16.5. The second-order valence-electron chi connectivity index (χ2n) is 9.00. The van der Waals surface area contributed by atoms with Crippen molar-refractivity contribution < 1.29 is 19.0 Å². The molecule has 4 heteroatoms. The summed E-state index contributed by atoms with van der Waals surface area (Å²) in [6, 6.07) is 19.6. The van der Waals surface area contributed by atoms with Crippen LogP contribution in [0.1, 0.15) is 75.2 Å². The van der Waals surface area contributed by atoms with Gasteiger partial charge < -0.3 is 14.2 Å². The highest BCUT2D eigenvalue weighted by Gasteiger charge is 2.10. The topological polar surface area (TPSA) is 44.8 Å². The zero-order valence-electron chi connectivity index (χ0n) is 20.8. The molecule has 4 nitrogen and oxygen atoms in total. The van der Waals surface area contributed by atoms with E-state index in [9.17, 15) is 4.79 Å². The van der Waals surface area contributed by atoms with Crippen molar-refractivity contribution in [3.05, 3.63) is 71.8 Å². The molecular weight excluding hydrogens is 424 g/mol. The summed E-state index contributed by atoms with van der Waals surface area (Å²) in [4.78, 5) is 12.2. The van der Waals surface area contributed by atoms with Crippen molar-refractivity contribution >= 4 is 16.7 Å². The van der Waals surface area contributed by atoms with Gasteiger partial charge in [0.15, 0.2) is 0 Å². The summed E-state index contributed by atoms with van der Waals surface area (Å²) in [5.41, 5.74) is 1.56. The lowest BCUT2D eigenvalue weighted by Crippen LogP contribution is -2.11. The van der Waals surface area contributed by atoms with Crippen LogP contribution >= 0.6 is 0 Å². The van der Waals surface area contributed by atoms with Gasteiger partial charge in [0.05, 0.1) is 18.8 Å². The summed E-state index contributed by atoms with van der Waals surface area (Å²) in [6.45, 7) is 8.03. The molecule has 0 saturated heterocycles. The van der Waals surface area contributed by atoms with Crippen molar-refractivity contribution in [2.45, 2.75) is 65.9 Å². The molecule has 0 spiro atoms. The molecule has 0 heterocycles. The lowest BCUT2D eigenvalue weighted by molar-refractivity contribution is 0.0447. The van der Waals surface area contributed by atoms with Crippen molar-refractivity contribution in [1.29, 1.82) is 0 Å². The summed E-state index contributed by atoms with van der Waals surface area (Å²) < 4.78 is 17.4. The Labute approximate surface area is 204 Å². The predicted molar refractivity (Wildman–Crippen MR) is 139 cm³/mol. The number of esters is 1. The third-order valence-electron chi connectivity index (χ3n) is 6.11. The van der Waals surface area contributed by atoms with Gasteiger partial charge in [-0.3, -0.25) is 0 Å². The van der Waals surface area contributed by atoms with Crippen LogP contribution in [0.5, 0.6) is 11.5 Å². The van der Waals surface area contributed by atoms with E-state index >= 15 is 0 Å². The van der Waals surface area contributed by atoms with E-state index in [0.717, 1.165) is 47.3 Å². The molecule has 1 atom stereocenters. The third kappa shape index (κ3) is 7.79. The fourth-order valence-electron chi connectivity index (χ4n) is 3.66. The number of carbonyl (C=O) groups excluding carboxylic acids is 1. The normalized spacial score (nSPS) is 11.9. The largest absolute Gasteiger partial charge is 0.494 e. The van der Waals surface area contributed by atoms with Crippen molar-refractivity contribution in [3.63, 3.8) is 0 Å². The molecule has 0 unspecified atom stereocenters. The summed E-state index contributed by atoms with van der Waals surface area (Å²) in [5, 5.41) is 2.16. The third-order valence-corrected chi connectivity index (χ3v) is 6.11. The molecule has 0 radical (unpaired) electrons. The first-order valence-electron chi connectivity index (χ1n) is 12.6. The smallest absolute Gasteiger partial charge is 0.338 e. The molecule has 0 N–H and O–H groups in total. The summed E-state index contributed by atoms with van der Waals surface area (Å²) in [7, 11) is 0. The fraction of sp³-hybridized carbons (Fsp3) is 0.433. The van der Waals surface area contributed by atoms with E-state index in [4.69, 9.17) is 14.2 Å². The van der Waals surface area contributed by atoms with E-state index in [0.29, 0.717) is 24.7 Å². The molecule has 182 valence electrons. The highest BCUT2D eigenvalue weighted by Crippen LogP contribution is 2.29. The molecule has 0 amide bonds. The Morgan fingerprint density at radius 3 is 2.44 bits per heavy atom. The van der Waals surface area contributed by atoms with Gasteiger partial charge >= 0.3 is 5.97 Å². The molecule has 3 rings (SSSR count). The van der Waals surface area contributed by atoms with Gasteiger partial charge in [-0.2, -0.15) is 0 Å². The number of hydrogen-bond donors (Lipinski definition) is 0. The van der Waals surface area contributed by atoms with Crippen molar-refractivity contribution in [1.82, 2.24) is 0 Å². The number of rotatable bonds is 14. The molecule has 3 aromatic rings. The minimum Gasteiger partial charge on any atom is -0.494 e. The maximum atomic E-state index is 12.2. The minimum absolute atomic E-state index is 0.277. The van der Waals surface area contributed by atoms with Gasteiger partial charge in [0.25, 0.3) is 0 Å². The van der Waals surface area contributed by atoms with Gasteiger partial charge in [-0.25, -0.2) is 4.79 Å². The fourth-order valence-corrected chi connectivity index (χ4v) is 3.66. The van der Waals surface area contributed by atoms with E-state index < -0.39 is 0 Å². The molecule has 0 aliphatic heterocycles. The quantitative estimate of drug-likeness (QED) is 0.180. The molecule has 0 aromatic heterocycles. The number of benzene rings is 3. The first-order valence-corrected chi connectivity index (χ1v) is 12.6. The zero-order valence-corrected chi connectivity index (χ0v) is 20.8. The van der Waals surface area contributed by atoms with Crippen LogP contribution < -0.4 is 9.47 Å². The molecule has 0 saturated carbocycles. The van der Waals surface area contributed by atoms with Crippen LogP contribution in [0.2, 0.25) is 0 Å². The van der Waals surface area contributed by atoms with E-state index in [2.05, 4.69) is 39.0 Å². The summed E-state index contributed by atoms with van der Waals surface area (Å²) >= 11 is 0. The molecule has 34 heavy (non-hydrogen) atoms. The van der Waals surface area contributed by atoms with Crippen LogP contribution in [0.15, 0.2) is 60.7 Å². The maximum absolute atomic E-state index is 12.2. The van der Waals surface area contributed by atoms with Crippen molar-refractivity contribution in [3.8, 4) is 11.5 Å². The molecule has 0 fully saturated rings. The van der Waals surface area contributed by atoms with Crippen LogP contribution in [-0.4, -0.2) is 19.2 Å². The Hall–Kier alpha value is -3.01. The van der Waals surface area contributed by atoms with Crippen LogP contribution in [0.3, 0.4) is 0 Å². The van der Waals surface area contributed by atoms with Crippen LogP contribution in [0, 0.1) is 5.92 Å². The number of hydrogen-bond acceptors (Lipinski definition) is 4. The van der Waals surface area contributed by atoms with Gasteiger partial charge in [-0.1, -0.05) is 77.1 Å². The Kier molecular flexibility index (Phi) is 10.3. The zero-order chi connectivity index (χ0) is 24.2. The Morgan fingerprint density at radius 1 is 0.882 bits per heavy atom. The molecular formula is C30H38O4. The Balaban J connectivity index is 1.54. The molecule has 0 bridgehead atoms. The number of unbranched alkanes of at least 4 members (excludes halogenated alkanes) is 4. The number of fused-ring (bicyclic) bond motifs is 1. The van der Waals surface area contributed by atoms with Crippen LogP contribution in [0.4, 0.5) is 0 Å². The number of ether oxygens (including phenoxy) is 3. The minimum atomic E-state index is -0.277. The molecule has 0 aliphatic rings. The summed E-state index contributed by atoms with van der Waals surface area (Å²) in [6.07, 6.45) is 7.14. The van der Waals surface area contributed by atoms with Gasteiger partial charge in [0.1, 0.15) is 18.1 Å². The molecule has 3 aromatic carbocycles. The lowest BCUT2D eigenvalue weighted by atomic mass is 10.1. The average Bonchev–Trinajstić information content (AvgIpc) is 2.87. The second-order valence-corrected chi connectivity index (χ2v) is 9.00. The highest BCUT2D eigenvalue weighted by molar-refractivity contribution is 5.90. The first kappa shape index (κ1) is 25.6. The average molecular weight is 463 g/mol. The van der Waals surface area contributed by atoms with Crippen molar-refractivity contribution in [2.24, 2.45) is 5.92 Å². The van der Waals surface area contributed by atoms with Gasteiger partial charge in [-0.15, -0.1) is 0 Å². The Morgan fingerprint density at radius 2 is 1.68 bits per heavy atom. The van der Waals surface area contributed by atoms with E-state index in [1.165, 1.54) is 25.7 Å². The molecule has 0 aliphatic carbocycles. The van der Waals surface area contributed by atoms with E-state index in [-0.39, 0.29) is 5.97 Å². The first-order chi connectivity index (χ1) is 16.6. The van der Waals surface area contributed by atoms with Crippen LogP contribution in [-0.2, 0) is 11.3 Å². The van der Waals surface area contributed by atoms with E-state index in [1.54, 1.807) is 12.1 Å². The van der Waals surface area contributed by atoms with Crippen LogP contribution in [0.25, 0.3) is 10.8 Å². The Bertz CT molecular complexity index is 1030. The van der Waals surface area contributed by atoms with Gasteiger partial charge in [0.2, 0.25) is 0 Å². The SMILES string of the molecule is CCCCCCCOc1ccc2c(OCc3ccc(C(=O)OC[C@H](C)CC)cc3)cccc2c1. The standard InChI is InChI=1S/C30H38O4/c1-4-6-7-8-9-19-32-27-17-18-28-26(20-27)11-10-12-29(28)33-22-24-13-15-25(16-14-24)30(31)34-21-23(3)5-2/h10-18,20,23H,4-9,19,21-22H2,1-3H3/t23-/m1/s1. The van der Waals surface area contributed by atoms with Gasteiger partial charge in [0, 0.05) is 5.39 Å². The lowest BCUT2D eigenvalue weighted by Gasteiger charge is -2.12. The summed E-state index contributed by atoms with van der Waals surface area (Å²) in [5.74, 6) is 1.83. The van der Waals surface area contributed by atoms with Gasteiger partial charge in [-0.05, 0) is 59.7 Å².